The number of carbonyl (C=O) groups excluding carboxylic acids is 2. The lowest BCUT2D eigenvalue weighted by atomic mass is 10.1. The maximum Gasteiger partial charge on any atom is 0.244 e. The standard InChI is InChI=1S/C19H21ClN2O2S/c1-14-7-3-4-8-15(14)12-25-13-19(24)22(2)11-18(23)21-17-10-6-5-9-16(17)20/h3-10H,11-13H2,1-2H3,(H,21,23). The molecule has 0 atom stereocenters. The molecule has 0 saturated carbocycles. The number of hydrogen-bond acceptors (Lipinski definition) is 3. The van der Waals surface area contributed by atoms with Crippen LogP contribution in [0, 0.1) is 6.92 Å². The summed E-state index contributed by atoms with van der Waals surface area (Å²) in [7, 11) is 1.63. The molecule has 4 nitrogen and oxygen atoms in total. The highest BCUT2D eigenvalue weighted by molar-refractivity contribution is 7.99. The predicted molar refractivity (Wildman–Crippen MR) is 105 cm³/mol. The van der Waals surface area contributed by atoms with Crippen molar-refractivity contribution in [3.63, 3.8) is 0 Å². The van der Waals surface area contributed by atoms with E-state index >= 15 is 0 Å². The van der Waals surface area contributed by atoms with Crippen LogP contribution >= 0.6 is 23.4 Å². The Balaban J connectivity index is 1.77. The average molecular weight is 377 g/mol. The van der Waals surface area contributed by atoms with E-state index in [9.17, 15) is 9.59 Å². The normalized spacial score (nSPS) is 10.4. The van der Waals surface area contributed by atoms with Crippen LogP contribution in [0.25, 0.3) is 0 Å². The molecule has 0 heterocycles. The summed E-state index contributed by atoms with van der Waals surface area (Å²) in [5.74, 6) is 0.767. The first-order chi connectivity index (χ1) is 12.0. The molecule has 2 amide bonds. The number of halogens is 1. The maximum atomic E-state index is 12.2. The van der Waals surface area contributed by atoms with Crippen molar-refractivity contribution in [2.75, 3.05) is 24.7 Å². The minimum absolute atomic E-state index is 0.00498. The maximum absolute atomic E-state index is 12.2. The van der Waals surface area contributed by atoms with E-state index in [0.29, 0.717) is 16.5 Å². The number of hydrogen-bond donors (Lipinski definition) is 1. The lowest BCUT2D eigenvalue weighted by Crippen LogP contribution is -2.36. The molecular formula is C19H21ClN2O2S. The fraction of sp³-hybridized carbons (Fsp3) is 0.263. The quantitative estimate of drug-likeness (QED) is 0.795. The Morgan fingerprint density at radius 2 is 1.80 bits per heavy atom. The molecule has 0 fully saturated rings. The highest BCUT2D eigenvalue weighted by atomic mass is 35.5. The van der Waals surface area contributed by atoms with Crippen LogP contribution in [0.2, 0.25) is 5.02 Å². The Kier molecular flexibility index (Phi) is 7.34. The van der Waals surface area contributed by atoms with E-state index in [1.165, 1.54) is 16.0 Å². The number of anilines is 1. The van der Waals surface area contributed by atoms with Crippen molar-refractivity contribution in [2.24, 2.45) is 0 Å². The Bertz CT molecular complexity index is 752. The third-order valence-electron chi connectivity index (χ3n) is 3.70. The summed E-state index contributed by atoms with van der Waals surface area (Å²) < 4.78 is 0. The first-order valence-corrected chi connectivity index (χ1v) is 9.41. The van der Waals surface area contributed by atoms with Crippen LogP contribution in [0.4, 0.5) is 5.69 Å². The molecule has 0 saturated heterocycles. The van der Waals surface area contributed by atoms with E-state index in [1.54, 1.807) is 43.1 Å². The van der Waals surface area contributed by atoms with Gasteiger partial charge in [0.2, 0.25) is 11.8 Å². The number of amides is 2. The van der Waals surface area contributed by atoms with Gasteiger partial charge < -0.3 is 10.2 Å². The van der Waals surface area contributed by atoms with Gasteiger partial charge in [-0.1, -0.05) is 48.0 Å². The summed E-state index contributed by atoms with van der Waals surface area (Å²) in [4.78, 5) is 25.6. The number of nitrogens with zero attached hydrogens (tertiary/aromatic N) is 1. The number of benzene rings is 2. The molecule has 25 heavy (non-hydrogen) atoms. The molecule has 2 aromatic carbocycles. The third-order valence-corrected chi connectivity index (χ3v) is 4.99. The predicted octanol–water partition coefficient (Wildman–Crippen LogP) is 3.98. The second-order valence-corrected chi connectivity index (χ2v) is 7.09. The molecular weight excluding hydrogens is 356 g/mol. The summed E-state index contributed by atoms with van der Waals surface area (Å²) >= 11 is 7.55. The van der Waals surface area contributed by atoms with Gasteiger partial charge in [-0.2, -0.15) is 0 Å². The van der Waals surface area contributed by atoms with Crippen LogP contribution in [0.3, 0.4) is 0 Å². The molecule has 0 radical (unpaired) electrons. The smallest absolute Gasteiger partial charge is 0.244 e. The number of nitrogens with one attached hydrogen (secondary N) is 1. The first-order valence-electron chi connectivity index (χ1n) is 7.88. The number of thioether (sulfide) groups is 1. The van der Waals surface area contributed by atoms with Gasteiger partial charge in [-0.15, -0.1) is 11.8 Å². The van der Waals surface area contributed by atoms with Gasteiger partial charge in [-0.25, -0.2) is 0 Å². The van der Waals surface area contributed by atoms with Gasteiger partial charge in [-0.3, -0.25) is 9.59 Å². The lowest BCUT2D eigenvalue weighted by molar-refractivity contribution is -0.131. The van der Waals surface area contributed by atoms with E-state index in [4.69, 9.17) is 11.6 Å². The molecule has 0 bridgehead atoms. The SMILES string of the molecule is Cc1ccccc1CSCC(=O)N(C)CC(=O)Nc1ccccc1Cl. The Morgan fingerprint density at radius 1 is 1.12 bits per heavy atom. The van der Waals surface area contributed by atoms with Gasteiger partial charge in [0.05, 0.1) is 23.0 Å². The summed E-state index contributed by atoms with van der Waals surface area (Å²) in [6.07, 6.45) is 0. The van der Waals surface area contributed by atoms with Gasteiger partial charge >= 0.3 is 0 Å². The molecule has 0 aliphatic rings. The van der Waals surface area contributed by atoms with E-state index in [0.717, 1.165) is 5.75 Å². The third kappa shape index (κ3) is 6.11. The van der Waals surface area contributed by atoms with Gasteiger partial charge in [-0.05, 0) is 30.2 Å². The largest absolute Gasteiger partial charge is 0.336 e. The Labute approximate surface area is 157 Å². The highest BCUT2D eigenvalue weighted by Gasteiger charge is 2.14. The van der Waals surface area contributed by atoms with Crippen LogP contribution in [0.15, 0.2) is 48.5 Å². The topological polar surface area (TPSA) is 49.4 Å². The summed E-state index contributed by atoms with van der Waals surface area (Å²) in [5.41, 5.74) is 2.98. The summed E-state index contributed by atoms with van der Waals surface area (Å²) in [5, 5.41) is 3.18. The minimum Gasteiger partial charge on any atom is -0.336 e. The molecule has 2 aromatic rings. The van der Waals surface area contributed by atoms with Crippen molar-refractivity contribution in [1.82, 2.24) is 4.90 Å². The summed E-state index contributed by atoms with van der Waals surface area (Å²) in [6, 6.07) is 15.1. The van der Waals surface area contributed by atoms with Crippen molar-refractivity contribution in [3.8, 4) is 0 Å². The molecule has 0 unspecified atom stereocenters. The van der Waals surface area contributed by atoms with Crippen LogP contribution in [-0.4, -0.2) is 36.1 Å². The van der Waals surface area contributed by atoms with Gasteiger partial charge in [0.1, 0.15) is 0 Å². The van der Waals surface area contributed by atoms with E-state index in [1.807, 2.05) is 12.1 Å². The average Bonchev–Trinajstić information content (AvgIpc) is 2.58. The molecule has 0 aliphatic carbocycles. The van der Waals surface area contributed by atoms with Gasteiger partial charge in [0.15, 0.2) is 0 Å². The molecule has 132 valence electrons. The molecule has 6 heteroatoms. The van der Waals surface area contributed by atoms with Crippen LogP contribution in [0.5, 0.6) is 0 Å². The molecule has 1 N–H and O–H groups in total. The van der Waals surface area contributed by atoms with Crippen molar-refractivity contribution in [1.29, 1.82) is 0 Å². The summed E-state index contributed by atoms with van der Waals surface area (Å²) in [6.45, 7) is 2.05. The van der Waals surface area contributed by atoms with Crippen LogP contribution < -0.4 is 5.32 Å². The zero-order valence-corrected chi connectivity index (χ0v) is 15.9. The van der Waals surface area contributed by atoms with Crippen molar-refractivity contribution >= 4 is 40.9 Å². The zero-order valence-electron chi connectivity index (χ0n) is 14.3. The zero-order chi connectivity index (χ0) is 18.2. The molecule has 0 aliphatic heterocycles. The van der Waals surface area contributed by atoms with Crippen molar-refractivity contribution in [3.05, 3.63) is 64.7 Å². The number of carbonyl (C=O) groups is 2. The fourth-order valence-corrected chi connectivity index (χ4v) is 3.41. The first kappa shape index (κ1) is 19.3. The second-order valence-electron chi connectivity index (χ2n) is 5.70. The van der Waals surface area contributed by atoms with Crippen LogP contribution in [-0.2, 0) is 15.3 Å². The number of para-hydroxylation sites is 1. The molecule has 0 spiro atoms. The molecule has 2 rings (SSSR count). The fourth-order valence-electron chi connectivity index (χ4n) is 2.19. The van der Waals surface area contributed by atoms with E-state index < -0.39 is 0 Å². The number of aryl methyl sites for hydroxylation is 1. The van der Waals surface area contributed by atoms with Crippen molar-refractivity contribution < 1.29 is 9.59 Å². The Hall–Kier alpha value is -1.98. The minimum atomic E-state index is -0.271. The monoisotopic (exact) mass is 376 g/mol. The van der Waals surface area contributed by atoms with Crippen molar-refractivity contribution in [2.45, 2.75) is 12.7 Å². The van der Waals surface area contributed by atoms with Crippen LogP contribution in [0.1, 0.15) is 11.1 Å². The van der Waals surface area contributed by atoms with E-state index in [2.05, 4.69) is 24.4 Å². The Morgan fingerprint density at radius 3 is 2.52 bits per heavy atom. The lowest BCUT2D eigenvalue weighted by Gasteiger charge is -2.17. The second kappa shape index (κ2) is 9.49. The number of rotatable bonds is 7. The molecule has 0 aromatic heterocycles. The number of likely N-dealkylation sites (N-methyl/N-ethyl adjacent to an activating group) is 1. The van der Waals surface area contributed by atoms with Gasteiger partial charge in [0, 0.05) is 12.8 Å². The highest BCUT2D eigenvalue weighted by Crippen LogP contribution is 2.20. The van der Waals surface area contributed by atoms with Gasteiger partial charge in [0.25, 0.3) is 0 Å². The van der Waals surface area contributed by atoms with E-state index in [-0.39, 0.29) is 18.4 Å².